The molecule has 1 aromatic rings. The molecule has 0 aromatic heterocycles. The van der Waals surface area contributed by atoms with Crippen molar-refractivity contribution >= 4 is 11.9 Å². The zero-order valence-corrected chi connectivity index (χ0v) is 7.23. The van der Waals surface area contributed by atoms with Gasteiger partial charge in [-0.3, -0.25) is 0 Å². The van der Waals surface area contributed by atoms with E-state index in [9.17, 15) is 14.7 Å². The molecule has 0 saturated heterocycles. The molecule has 1 heterocycles. The number of esters is 1. The van der Waals surface area contributed by atoms with Crippen LogP contribution in [-0.2, 0) is 9.53 Å². The summed E-state index contributed by atoms with van der Waals surface area (Å²) in [5.41, 5.74) is 1.07. The number of carboxylic acid groups (broad SMARTS) is 1. The van der Waals surface area contributed by atoms with Gasteiger partial charge in [0.1, 0.15) is 6.10 Å². The highest BCUT2D eigenvalue weighted by molar-refractivity contribution is 5.94. The third-order valence-corrected chi connectivity index (χ3v) is 2.13. The molecule has 0 N–H and O–H groups in total. The molecule has 0 spiro atoms. The van der Waals surface area contributed by atoms with Crippen LogP contribution in [0, 0.1) is 0 Å². The fourth-order valence-electron chi connectivity index (χ4n) is 1.52. The first-order valence-electron chi connectivity index (χ1n) is 4.18. The fourth-order valence-corrected chi connectivity index (χ4v) is 1.52. The highest BCUT2D eigenvalue weighted by Gasteiger charge is 2.30. The van der Waals surface area contributed by atoms with Crippen LogP contribution >= 0.6 is 0 Å². The van der Waals surface area contributed by atoms with E-state index in [0.29, 0.717) is 11.1 Å². The molecule has 1 aliphatic heterocycles. The van der Waals surface area contributed by atoms with E-state index in [1.54, 1.807) is 24.3 Å². The van der Waals surface area contributed by atoms with Crippen molar-refractivity contribution in [2.75, 3.05) is 0 Å². The maximum absolute atomic E-state index is 11.2. The van der Waals surface area contributed by atoms with Crippen molar-refractivity contribution < 1.29 is 19.4 Å². The van der Waals surface area contributed by atoms with Gasteiger partial charge in [0.2, 0.25) is 0 Å². The molecule has 4 heteroatoms. The molecule has 2 rings (SSSR count). The van der Waals surface area contributed by atoms with Gasteiger partial charge in [-0.1, -0.05) is 18.2 Å². The summed E-state index contributed by atoms with van der Waals surface area (Å²) in [5.74, 6) is -1.69. The van der Waals surface area contributed by atoms with Crippen LogP contribution in [0.4, 0.5) is 0 Å². The van der Waals surface area contributed by atoms with Crippen LogP contribution < -0.4 is 5.11 Å². The topological polar surface area (TPSA) is 66.4 Å². The second-order valence-electron chi connectivity index (χ2n) is 3.06. The van der Waals surface area contributed by atoms with Crippen LogP contribution in [-0.4, -0.2) is 11.9 Å². The molecule has 1 aromatic carbocycles. The first-order chi connectivity index (χ1) is 6.68. The predicted octanol–water partition coefficient (Wildman–Crippen LogP) is 0.0381. The number of fused-ring (bicyclic) bond motifs is 1. The van der Waals surface area contributed by atoms with E-state index in [2.05, 4.69) is 0 Å². The van der Waals surface area contributed by atoms with Crippen molar-refractivity contribution in [1.29, 1.82) is 0 Å². The van der Waals surface area contributed by atoms with Gasteiger partial charge in [-0.15, -0.1) is 0 Å². The summed E-state index contributed by atoms with van der Waals surface area (Å²) < 4.78 is 4.88. The molecule has 0 aliphatic carbocycles. The van der Waals surface area contributed by atoms with Crippen LogP contribution in [0.1, 0.15) is 28.4 Å². The van der Waals surface area contributed by atoms with Crippen LogP contribution in [0.5, 0.6) is 0 Å². The van der Waals surface area contributed by atoms with Crippen molar-refractivity contribution in [3.8, 4) is 0 Å². The fraction of sp³-hybridized carbons (Fsp3) is 0.200. The second-order valence-corrected chi connectivity index (χ2v) is 3.06. The summed E-state index contributed by atoms with van der Waals surface area (Å²) in [7, 11) is 0. The Balaban J connectivity index is 2.34. The van der Waals surface area contributed by atoms with Crippen LogP contribution in [0.25, 0.3) is 0 Å². The van der Waals surface area contributed by atoms with Gasteiger partial charge < -0.3 is 14.6 Å². The molecule has 0 saturated carbocycles. The van der Waals surface area contributed by atoms with Gasteiger partial charge in [0.15, 0.2) is 0 Å². The minimum atomic E-state index is -1.22. The third-order valence-electron chi connectivity index (χ3n) is 2.13. The van der Waals surface area contributed by atoms with Crippen LogP contribution in [0.2, 0.25) is 0 Å². The van der Waals surface area contributed by atoms with Crippen molar-refractivity contribution in [2.45, 2.75) is 12.5 Å². The van der Waals surface area contributed by atoms with E-state index < -0.39 is 18.0 Å². The number of ether oxygens (including phenoxy) is 1. The zero-order valence-electron chi connectivity index (χ0n) is 7.23. The number of hydrogen-bond acceptors (Lipinski definition) is 4. The Bertz CT molecular complexity index is 395. The van der Waals surface area contributed by atoms with E-state index in [0.717, 1.165) is 0 Å². The first-order valence-corrected chi connectivity index (χ1v) is 4.18. The van der Waals surface area contributed by atoms with Gasteiger partial charge in [-0.25, -0.2) is 4.79 Å². The Kier molecular flexibility index (Phi) is 1.96. The van der Waals surface area contributed by atoms with Gasteiger partial charge in [0.25, 0.3) is 0 Å². The summed E-state index contributed by atoms with van der Waals surface area (Å²) in [4.78, 5) is 21.6. The normalized spacial score (nSPS) is 18.9. The maximum atomic E-state index is 11.2. The molecule has 4 nitrogen and oxygen atoms in total. The van der Waals surface area contributed by atoms with Crippen molar-refractivity contribution in [3.05, 3.63) is 35.4 Å². The summed E-state index contributed by atoms with van der Waals surface area (Å²) >= 11 is 0. The Labute approximate surface area is 80.1 Å². The Morgan fingerprint density at radius 1 is 1.43 bits per heavy atom. The highest BCUT2D eigenvalue weighted by atomic mass is 16.5. The zero-order chi connectivity index (χ0) is 10.1. The molecule has 0 fully saturated rings. The highest BCUT2D eigenvalue weighted by Crippen LogP contribution is 2.32. The summed E-state index contributed by atoms with van der Waals surface area (Å²) in [6.45, 7) is 0. The number of carbonyl (C=O) groups is 2. The maximum Gasteiger partial charge on any atom is 0.339 e. The average Bonchev–Trinajstić information content (AvgIpc) is 2.44. The molecular weight excluding hydrogens is 184 g/mol. The largest absolute Gasteiger partial charge is 0.550 e. The lowest BCUT2D eigenvalue weighted by Crippen LogP contribution is -2.24. The van der Waals surface area contributed by atoms with E-state index in [-0.39, 0.29) is 6.42 Å². The lowest BCUT2D eigenvalue weighted by Gasteiger charge is -2.10. The molecule has 14 heavy (non-hydrogen) atoms. The quantitative estimate of drug-likeness (QED) is 0.619. The minimum Gasteiger partial charge on any atom is -0.550 e. The minimum absolute atomic E-state index is 0.289. The molecular formula is C10H7O4-. The number of carbonyl (C=O) groups excluding carboxylic acids is 2. The van der Waals surface area contributed by atoms with Gasteiger partial charge in [-0.2, -0.15) is 0 Å². The van der Waals surface area contributed by atoms with Crippen LogP contribution in [0.3, 0.4) is 0 Å². The van der Waals surface area contributed by atoms with Crippen molar-refractivity contribution in [2.24, 2.45) is 0 Å². The molecule has 1 atom stereocenters. The van der Waals surface area contributed by atoms with Gasteiger partial charge >= 0.3 is 5.97 Å². The standard InChI is InChI=1S/C10H8O4/c11-9(12)5-8-6-3-1-2-4-7(6)10(13)14-8/h1-4,8H,5H2,(H,11,12)/p-1/t8-/m1/s1. The van der Waals surface area contributed by atoms with E-state index in [4.69, 9.17) is 4.74 Å². The molecule has 0 amide bonds. The number of benzene rings is 1. The van der Waals surface area contributed by atoms with Crippen LogP contribution in [0.15, 0.2) is 24.3 Å². The van der Waals surface area contributed by atoms with Gasteiger partial charge in [0, 0.05) is 18.0 Å². The number of aliphatic carboxylic acids is 1. The molecule has 0 radical (unpaired) electrons. The van der Waals surface area contributed by atoms with E-state index >= 15 is 0 Å². The van der Waals surface area contributed by atoms with Crippen molar-refractivity contribution in [3.63, 3.8) is 0 Å². The van der Waals surface area contributed by atoms with Gasteiger partial charge in [0.05, 0.1) is 5.56 Å². The SMILES string of the molecule is O=C([O-])C[C@H]1OC(=O)c2ccccc21. The molecule has 1 aliphatic rings. The number of cyclic esters (lactones) is 1. The number of carboxylic acids is 1. The average molecular weight is 191 g/mol. The van der Waals surface area contributed by atoms with E-state index in [1.165, 1.54) is 0 Å². The second kappa shape index (κ2) is 3.14. The van der Waals surface area contributed by atoms with Gasteiger partial charge in [-0.05, 0) is 6.07 Å². The molecule has 0 bridgehead atoms. The number of rotatable bonds is 2. The Morgan fingerprint density at radius 2 is 2.14 bits per heavy atom. The molecule has 0 unspecified atom stereocenters. The lowest BCUT2D eigenvalue weighted by atomic mass is 10.0. The van der Waals surface area contributed by atoms with E-state index in [1.807, 2.05) is 0 Å². The Morgan fingerprint density at radius 3 is 2.86 bits per heavy atom. The summed E-state index contributed by atoms with van der Waals surface area (Å²) in [6, 6.07) is 6.76. The first kappa shape index (κ1) is 8.74. The summed E-state index contributed by atoms with van der Waals surface area (Å²) in [6.07, 6.45) is -0.980. The molecule has 72 valence electrons. The monoisotopic (exact) mass is 191 g/mol. The predicted molar refractivity (Wildman–Crippen MR) is 44.2 cm³/mol. The summed E-state index contributed by atoms with van der Waals surface area (Å²) in [5, 5.41) is 10.4. The third kappa shape index (κ3) is 1.35. The van der Waals surface area contributed by atoms with Crippen molar-refractivity contribution in [1.82, 2.24) is 0 Å². The lowest BCUT2D eigenvalue weighted by molar-refractivity contribution is -0.307. The Hall–Kier alpha value is -1.84. The smallest absolute Gasteiger partial charge is 0.339 e. The number of hydrogen-bond donors (Lipinski definition) is 0.